The van der Waals surface area contributed by atoms with Gasteiger partial charge in [0.25, 0.3) is 0 Å². The van der Waals surface area contributed by atoms with E-state index in [4.69, 9.17) is 10.5 Å². The van der Waals surface area contributed by atoms with Gasteiger partial charge in [0.1, 0.15) is 0 Å². The number of alkyl halides is 3. The number of ether oxygens (including phenoxy) is 1. The fourth-order valence-electron chi connectivity index (χ4n) is 2.43. The molecule has 3 N–H and O–H groups in total. The zero-order valence-corrected chi connectivity index (χ0v) is 15.0. The minimum absolute atomic E-state index is 0.0673. The largest absolute Gasteiger partial charge is 0.457 e. The van der Waals surface area contributed by atoms with Crippen molar-refractivity contribution in [2.45, 2.75) is 19.2 Å². The van der Waals surface area contributed by atoms with E-state index in [2.05, 4.69) is 20.3 Å². The Hall–Kier alpha value is -3.69. The highest BCUT2D eigenvalue weighted by Crippen LogP contribution is 2.29. The molecule has 0 aliphatic carbocycles. The summed E-state index contributed by atoms with van der Waals surface area (Å²) < 4.78 is 43.3. The molecule has 29 heavy (non-hydrogen) atoms. The van der Waals surface area contributed by atoms with Crippen LogP contribution < -0.4 is 11.1 Å². The van der Waals surface area contributed by atoms with Gasteiger partial charge >= 0.3 is 12.1 Å². The van der Waals surface area contributed by atoms with E-state index in [1.54, 1.807) is 12.1 Å². The molecule has 1 aromatic heterocycles. The zero-order chi connectivity index (χ0) is 20.9. The number of nitrogens with zero attached hydrogens (tertiary/aromatic N) is 3. The molecular formula is C19H16F3N5O2. The SMILES string of the molecule is Nc1nc(COC(=O)Cc2cccc(C(F)(F)F)c2)nc(Nc2ccccc2)n1. The van der Waals surface area contributed by atoms with Gasteiger partial charge in [-0.1, -0.05) is 36.4 Å². The normalized spacial score (nSPS) is 11.1. The maximum absolute atomic E-state index is 12.8. The molecule has 0 bridgehead atoms. The minimum Gasteiger partial charge on any atom is -0.457 e. The van der Waals surface area contributed by atoms with Gasteiger partial charge in [-0.2, -0.15) is 28.1 Å². The van der Waals surface area contributed by atoms with Gasteiger partial charge in [0, 0.05) is 5.69 Å². The van der Waals surface area contributed by atoms with Crippen molar-refractivity contribution in [1.82, 2.24) is 15.0 Å². The molecule has 0 saturated carbocycles. The lowest BCUT2D eigenvalue weighted by molar-refractivity contribution is -0.144. The van der Waals surface area contributed by atoms with Crippen LogP contribution in [0.15, 0.2) is 54.6 Å². The van der Waals surface area contributed by atoms with Crippen LogP contribution in [0, 0.1) is 0 Å². The predicted octanol–water partition coefficient (Wildman–Crippen LogP) is 3.50. The summed E-state index contributed by atoms with van der Waals surface area (Å²) in [6.07, 6.45) is -4.80. The monoisotopic (exact) mass is 403 g/mol. The van der Waals surface area contributed by atoms with Crippen LogP contribution in [-0.4, -0.2) is 20.9 Å². The van der Waals surface area contributed by atoms with E-state index in [1.165, 1.54) is 12.1 Å². The standard InChI is InChI=1S/C19H16F3N5O2/c20-19(21,22)13-6-4-5-12(9-13)10-16(28)29-11-15-25-17(23)27-18(26-15)24-14-7-2-1-3-8-14/h1-9H,10-11H2,(H3,23,24,25,26,27). The third-order valence-electron chi connectivity index (χ3n) is 3.69. The Morgan fingerprint density at radius 2 is 1.79 bits per heavy atom. The van der Waals surface area contributed by atoms with Gasteiger partial charge in [0.15, 0.2) is 12.4 Å². The van der Waals surface area contributed by atoms with Crippen LogP contribution in [0.25, 0.3) is 0 Å². The molecule has 0 unspecified atom stereocenters. The number of nitrogen functional groups attached to an aromatic ring is 1. The van der Waals surface area contributed by atoms with Gasteiger partial charge in [0.05, 0.1) is 12.0 Å². The van der Waals surface area contributed by atoms with Crippen molar-refractivity contribution >= 4 is 23.6 Å². The maximum atomic E-state index is 12.8. The lowest BCUT2D eigenvalue weighted by Gasteiger charge is -2.09. The Labute approximate surface area is 163 Å². The van der Waals surface area contributed by atoms with Crippen LogP contribution in [0.1, 0.15) is 17.0 Å². The number of nitrogens with one attached hydrogen (secondary N) is 1. The van der Waals surface area contributed by atoms with Crippen LogP contribution >= 0.6 is 0 Å². The molecule has 0 aliphatic rings. The molecular weight excluding hydrogens is 387 g/mol. The second kappa shape index (κ2) is 8.55. The summed E-state index contributed by atoms with van der Waals surface area (Å²) in [6, 6.07) is 13.6. The van der Waals surface area contributed by atoms with Crippen LogP contribution in [0.2, 0.25) is 0 Å². The number of halogens is 3. The van der Waals surface area contributed by atoms with E-state index in [0.717, 1.165) is 17.8 Å². The summed E-state index contributed by atoms with van der Waals surface area (Å²) in [5.74, 6) is -0.510. The van der Waals surface area contributed by atoms with Crippen molar-refractivity contribution in [2.75, 3.05) is 11.1 Å². The number of nitrogens with two attached hydrogens (primary N) is 1. The lowest BCUT2D eigenvalue weighted by atomic mass is 10.1. The summed E-state index contributed by atoms with van der Waals surface area (Å²) in [4.78, 5) is 23.9. The van der Waals surface area contributed by atoms with E-state index < -0.39 is 17.7 Å². The Balaban J connectivity index is 1.62. The minimum atomic E-state index is -4.48. The number of carbonyl (C=O) groups excluding carboxylic acids is 1. The molecule has 150 valence electrons. The second-order valence-corrected chi connectivity index (χ2v) is 5.96. The number of hydrogen-bond acceptors (Lipinski definition) is 7. The van der Waals surface area contributed by atoms with Gasteiger partial charge in [-0.3, -0.25) is 4.79 Å². The van der Waals surface area contributed by atoms with Crippen molar-refractivity contribution < 1.29 is 22.7 Å². The first-order valence-electron chi connectivity index (χ1n) is 8.44. The van der Waals surface area contributed by atoms with E-state index in [1.807, 2.05) is 18.2 Å². The van der Waals surface area contributed by atoms with Crippen molar-refractivity contribution in [3.63, 3.8) is 0 Å². The molecule has 0 radical (unpaired) electrons. The summed E-state index contributed by atoms with van der Waals surface area (Å²) in [7, 11) is 0. The first-order chi connectivity index (χ1) is 13.8. The van der Waals surface area contributed by atoms with E-state index in [9.17, 15) is 18.0 Å². The molecule has 1 heterocycles. The second-order valence-electron chi connectivity index (χ2n) is 5.96. The molecule has 3 rings (SSSR count). The van der Waals surface area contributed by atoms with Crippen LogP contribution in [0.5, 0.6) is 0 Å². The number of rotatable bonds is 6. The molecule has 3 aromatic rings. The molecule has 10 heteroatoms. The molecule has 0 aliphatic heterocycles. The summed E-state index contributed by atoms with van der Waals surface area (Å²) in [5.41, 5.74) is 5.74. The molecule has 0 fully saturated rings. The van der Waals surface area contributed by atoms with Crippen LogP contribution in [-0.2, 0) is 28.7 Å². The summed E-state index contributed by atoms with van der Waals surface area (Å²) >= 11 is 0. The van der Waals surface area contributed by atoms with Gasteiger partial charge in [0.2, 0.25) is 11.9 Å². The first-order valence-corrected chi connectivity index (χ1v) is 8.44. The first kappa shape index (κ1) is 20.1. The Morgan fingerprint density at radius 3 is 2.52 bits per heavy atom. The Morgan fingerprint density at radius 1 is 1.03 bits per heavy atom. The number of carbonyl (C=O) groups is 1. The third kappa shape index (κ3) is 5.89. The fraction of sp³-hybridized carbons (Fsp3) is 0.158. The number of aromatic nitrogens is 3. The van der Waals surface area contributed by atoms with E-state index in [-0.39, 0.29) is 36.3 Å². The average molecular weight is 403 g/mol. The molecule has 7 nitrogen and oxygen atoms in total. The number of hydrogen-bond donors (Lipinski definition) is 2. The Kier molecular flexibility index (Phi) is 5.91. The fourth-order valence-corrected chi connectivity index (χ4v) is 2.43. The average Bonchev–Trinajstić information content (AvgIpc) is 2.66. The number of para-hydroxylation sites is 1. The van der Waals surface area contributed by atoms with Crippen molar-refractivity contribution in [2.24, 2.45) is 0 Å². The number of esters is 1. The van der Waals surface area contributed by atoms with Gasteiger partial charge in [-0.05, 0) is 23.8 Å². The van der Waals surface area contributed by atoms with Gasteiger partial charge in [-0.15, -0.1) is 0 Å². The van der Waals surface area contributed by atoms with Crippen molar-refractivity contribution in [3.05, 3.63) is 71.5 Å². The predicted molar refractivity (Wildman–Crippen MR) is 98.9 cm³/mol. The molecule has 2 aromatic carbocycles. The summed E-state index contributed by atoms with van der Waals surface area (Å²) in [5, 5.41) is 2.94. The topological polar surface area (TPSA) is 103 Å². The quantitative estimate of drug-likeness (QED) is 0.607. The van der Waals surface area contributed by atoms with Gasteiger partial charge in [-0.25, -0.2) is 0 Å². The van der Waals surface area contributed by atoms with Crippen LogP contribution in [0.3, 0.4) is 0 Å². The summed E-state index contributed by atoms with van der Waals surface area (Å²) in [6.45, 7) is -0.298. The number of benzene rings is 2. The van der Waals surface area contributed by atoms with E-state index in [0.29, 0.717) is 0 Å². The smallest absolute Gasteiger partial charge is 0.416 e. The number of anilines is 3. The van der Waals surface area contributed by atoms with Gasteiger partial charge < -0.3 is 15.8 Å². The van der Waals surface area contributed by atoms with Crippen molar-refractivity contribution in [1.29, 1.82) is 0 Å². The molecule has 0 saturated heterocycles. The molecule has 0 spiro atoms. The highest BCUT2D eigenvalue weighted by atomic mass is 19.4. The van der Waals surface area contributed by atoms with Crippen molar-refractivity contribution in [3.8, 4) is 0 Å². The van der Waals surface area contributed by atoms with Crippen LogP contribution in [0.4, 0.5) is 30.8 Å². The lowest BCUT2D eigenvalue weighted by Crippen LogP contribution is -2.13. The maximum Gasteiger partial charge on any atom is 0.416 e. The molecule has 0 amide bonds. The molecule has 0 atom stereocenters. The third-order valence-corrected chi connectivity index (χ3v) is 3.69. The highest BCUT2D eigenvalue weighted by Gasteiger charge is 2.30. The highest BCUT2D eigenvalue weighted by molar-refractivity contribution is 5.72. The van der Waals surface area contributed by atoms with E-state index >= 15 is 0 Å². The zero-order valence-electron chi connectivity index (χ0n) is 15.0. The Bertz CT molecular complexity index is 997.